The molecule has 0 radical (unpaired) electrons. The lowest BCUT2D eigenvalue weighted by Crippen LogP contribution is -2.40. The zero-order valence-corrected chi connectivity index (χ0v) is 17.6. The Morgan fingerprint density at radius 1 is 1.17 bits per heavy atom. The first-order valence-electron chi connectivity index (χ1n) is 9.12. The van der Waals surface area contributed by atoms with Crippen LogP contribution >= 0.6 is 0 Å². The standard InChI is InChI=1S/C19H23N7O3S/c1-19(2,3)25-30(28,29)16-8-4-7-15(10-16)24-18(27)22-11-14-6-5-9-21-17(14)26-13-20-12-23-26/h4-10,12-13,25H,11H2,1-3H3,(H2,22,24,27). The van der Waals surface area contributed by atoms with Crippen LogP contribution in [0, 0.1) is 0 Å². The van der Waals surface area contributed by atoms with E-state index in [9.17, 15) is 13.2 Å². The van der Waals surface area contributed by atoms with Gasteiger partial charge in [0.15, 0.2) is 5.82 Å². The molecule has 158 valence electrons. The van der Waals surface area contributed by atoms with E-state index < -0.39 is 21.6 Å². The molecule has 0 aliphatic heterocycles. The highest BCUT2D eigenvalue weighted by Gasteiger charge is 2.22. The molecule has 3 rings (SSSR count). The van der Waals surface area contributed by atoms with E-state index in [1.807, 2.05) is 6.07 Å². The molecule has 0 aliphatic carbocycles. The lowest BCUT2D eigenvalue weighted by molar-refractivity contribution is 0.251. The number of anilines is 1. The van der Waals surface area contributed by atoms with E-state index in [0.29, 0.717) is 11.5 Å². The van der Waals surface area contributed by atoms with Gasteiger partial charge in [0, 0.05) is 29.5 Å². The number of hydrogen-bond acceptors (Lipinski definition) is 6. The van der Waals surface area contributed by atoms with Gasteiger partial charge in [0.1, 0.15) is 12.7 Å². The monoisotopic (exact) mass is 429 g/mol. The molecule has 2 heterocycles. The predicted octanol–water partition coefficient (Wildman–Crippen LogP) is 2.06. The van der Waals surface area contributed by atoms with Crippen LogP contribution in [0.5, 0.6) is 0 Å². The molecule has 11 heteroatoms. The average molecular weight is 430 g/mol. The minimum absolute atomic E-state index is 0.0657. The molecule has 0 atom stereocenters. The van der Waals surface area contributed by atoms with Gasteiger partial charge >= 0.3 is 6.03 Å². The van der Waals surface area contributed by atoms with Gasteiger partial charge in [-0.3, -0.25) is 0 Å². The molecule has 2 aromatic heterocycles. The van der Waals surface area contributed by atoms with Crippen LogP contribution in [-0.4, -0.2) is 39.7 Å². The second kappa shape index (κ2) is 8.59. The second-order valence-electron chi connectivity index (χ2n) is 7.52. The third-order valence-electron chi connectivity index (χ3n) is 3.79. The molecule has 1 aromatic carbocycles. The van der Waals surface area contributed by atoms with Gasteiger partial charge in [-0.1, -0.05) is 12.1 Å². The normalized spacial score (nSPS) is 11.8. The molecular weight excluding hydrogens is 406 g/mol. The molecule has 30 heavy (non-hydrogen) atoms. The minimum Gasteiger partial charge on any atom is -0.334 e. The fourth-order valence-corrected chi connectivity index (χ4v) is 4.11. The number of carbonyl (C=O) groups excluding carboxylic acids is 1. The van der Waals surface area contributed by atoms with Crippen LogP contribution in [0.3, 0.4) is 0 Å². The largest absolute Gasteiger partial charge is 0.334 e. The van der Waals surface area contributed by atoms with Crippen molar-refractivity contribution in [2.24, 2.45) is 0 Å². The van der Waals surface area contributed by atoms with Crippen LogP contribution in [0.4, 0.5) is 10.5 Å². The van der Waals surface area contributed by atoms with Gasteiger partial charge in [-0.2, -0.15) is 5.10 Å². The van der Waals surface area contributed by atoms with E-state index in [1.165, 1.54) is 29.5 Å². The summed E-state index contributed by atoms with van der Waals surface area (Å²) in [5.41, 5.74) is 0.473. The van der Waals surface area contributed by atoms with Crippen molar-refractivity contribution in [2.45, 2.75) is 37.8 Å². The number of nitrogens with zero attached hydrogens (tertiary/aromatic N) is 4. The summed E-state index contributed by atoms with van der Waals surface area (Å²) >= 11 is 0. The molecular formula is C19H23N7O3S. The van der Waals surface area contributed by atoms with Crippen LogP contribution < -0.4 is 15.4 Å². The lowest BCUT2D eigenvalue weighted by Gasteiger charge is -2.20. The third-order valence-corrected chi connectivity index (χ3v) is 5.54. The molecule has 2 amide bonds. The van der Waals surface area contributed by atoms with Crippen molar-refractivity contribution in [1.82, 2.24) is 29.8 Å². The number of carbonyl (C=O) groups is 1. The Labute approximate surface area is 174 Å². The Balaban J connectivity index is 1.67. The molecule has 0 saturated carbocycles. The summed E-state index contributed by atoms with van der Waals surface area (Å²) in [6.45, 7) is 5.46. The molecule has 3 N–H and O–H groups in total. The molecule has 0 spiro atoms. The maximum Gasteiger partial charge on any atom is 0.319 e. The van der Waals surface area contributed by atoms with Crippen molar-refractivity contribution in [1.29, 1.82) is 0 Å². The Bertz CT molecular complexity index is 1120. The van der Waals surface area contributed by atoms with Gasteiger partial charge in [0.05, 0.1) is 4.90 Å². The van der Waals surface area contributed by atoms with Crippen molar-refractivity contribution < 1.29 is 13.2 Å². The van der Waals surface area contributed by atoms with Crippen LogP contribution in [0.15, 0.2) is 60.1 Å². The number of sulfonamides is 1. The van der Waals surface area contributed by atoms with Gasteiger partial charge < -0.3 is 10.6 Å². The lowest BCUT2D eigenvalue weighted by atomic mass is 10.1. The second-order valence-corrected chi connectivity index (χ2v) is 9.20. The molecule has 0 aliphatic rings. The fraction of sp³-hybridized carbons (Fsp3) is 0.263. The Kier molecular flexibility index (Phi) is 6.13. The summed E-state index contributed by atoms with van der Waals surface area (Å²) in [4.78, 5) is 20.6. The summed E-state index contributed by atoms with van der Waals surface area (Å²) in [6, 6.07) is 9.14. The number of benzene rings is 1. The van der Waals surface area contributed by atoms with Crippen LogP contribution in [0.25, 0.3) is 5.82 Å². The topological polar surface area (TPSA) is 131 Å². The maximum absolute atomic E-state index is 12.5. The van der Waals surface area contributed by atoms with E-state index in [2.05, 4.69) is 30.4 Å². The van der Waals surface area contributed by atoms with E-state index in [-0.39, 0.29) is 11.4 Å². The van der Waals surface area contributed by atoms with Crippen LogP contribution in [0.2, 0.25) is 0 Å². The smallest absolute Gasteiger partial charge is 0.319 e. The van der Waals surface area contributed by atoms with Gasteiger partial charge in [-0.25, -0.2) is 32.6 Å². The number of nitrogens with one attached hydrogen (secondary N) is 3. The van der Waals surface area contributed by atoms with Crippen molar-refractivity contribution >= 4 is 21.7 Å². The number of pyridine rings is 1. The number of hydrogen-bond donors (Lipinski definition) is 3. The Hall–Kier alpha value is -3.31. The number of rotatable bonds is 6. The van der Waals surface area contributed by atoms with E-state index in [0.717, 1.165) is 5.56 Å². The average Bonchev–Trinajstić information content (AvgIpc) is 3.19. The summed E-state index contributed by atoms with van der Waals surface area (Å²) in [7, 11) is -3.71. The molecule has 0 bridgehead atoms. The first kappa shape index (κ1) is 21.4. The molecule has 0 saturated heterocycles. The maximum atomic E-state index is 12.5. The zero-order valence-electron chi connectivity index (χ0n) is 16.8. The molecule has 0 unspecified atom stereocenters. The summed E-state index contributed by atoms with van der Waals surface area (Å²) in [6.07, 6.45) is 4.54. The van der Waals surface area contributed by atoms with Crippen molar-refractivity contribution in [3.8, 4) is 5.82 Å². The number of amides is 2. The van der Waals surface area contributed by atoms with Gasteiger partial charge in [0.2, 0.25) is 10.0 Å². The fourth-order valence-electron chi connectivity index (χ4n) is 2.65. The van der Waals surface area contributed by atoms with Crippen LogP contribution in [-0.2, 0) is 16.6 Å². The highest BCUT2D eigenvalue weighted by Crippen LogP contribution is 2.17. The molecule has 3 aromatic rings. The first-order chi connectivity index (χ1) is 14.1. The van der Waals surface area contributed by atoms with Gasteiger partial charge in [-0.15, -0.1) is 0 Å². The first-order valence-corrected chi connectivity index (χ1v) is 10.6. The van der Waals surface area contributed by atoms with Crippen molar-refractivity contribution in [3.63, 3.8) is 0 Å². The molecule has 0 fully saturated rings. The van der Waals surface area contributed by atoms with Gasteiger partial charge in [0.25, 0.3) is 0 Å². The summed E-state index contributed by atoms with van der Waals surface area (Å²) < 4.78 is 29.1. The Morgan fingerprint density at radius 2 is 1.97 bits per heavy atom. The summed E-state index contributed by atoms with van der Waals surface area (Å²) in [5.74, 6) is 0.552. The number of urea groups is 1. The third kappa shape index (κ3) is 5.61. The quantitative estimate of drug-likeness (QED) is 0.550. The van der Waals surface area contributed by atoms with Crippen LogP contribution in [0.1, 0.15) is 26.3 Å². The van der Waals surface area contributed by atoms with Crippen molar-refractivity contribution in [3.05, 3.63) is 60.8 Å². The Morgan fingerprint density at radius 3 is 2.67 bits per heavy atom. The number of aromatic nitrogens is 4. The van der Waals surface area contributed by atoms with E-state index in [4.69, 9.17) is 0 Å². The molecule has 10 nitrogen and oxygen atoms in total. The SMILES string of the molecule is CC(C)(C)NS(=O)(=O)c1cccc(NC(=O)NCc2cccnc2-n2cncn2)c1. The summed E-state index contributed by atoms with van der Waals surface area (Å²) in [5, 5.41) is 9.43. The highest BCUT2D eigenvalue weighted by atomic mass is 32.2. The minimum atomic E-state index is -3.71. The van der Waals surface area contributed by atoms with Crippen molar-refractivity contribution in [2.75, 3.05) is 5.32 Å². The predicted molar refractivity (Wildman–Crippen MR) is 112 cm³/mol. The van der Waals surface area contributed by atoms with E-state index in [1.54, 1.807) is 45.2 Å². The zero-order chi connectivity index (χ0) is 21.8. The van der Waals surface area contributed by atoms with E-state index >= 15 is 0 Å². The van der Waals surface area contributed by atoms with Gasteiger partial charge in [-0.05, 0) is 45.0 Å². The highest BCUT2D eigenvalue weighted by molar-refractivity contribution is 7.89.